The minimum Gasteiger partial charge on any atom is -0.438 e. The molecule has 3 heterocycles. The summed E-state index contributed by atoms with van der Waals surface area (Å²) in [6.07, 6.45) is 0. The zero-order valence-corrected chi connectivity index (χ0v) is 22.2. The number of pyridine rings is 1. The fraction of sp³-hybridized carbons (Fsp3) is 0.250. The summed E-state index contributed by atoms with van der Waals surface area (Å²) < 4.78 is 21.1. The van der Waals surface area contributed by atoms with Crippen molar-refractivity contribution in [3.05, 3.63) is 82.6 Å². The van der Waals surface area contributed by atoms with Crippen molar-refractivity contribution in [2.24, 2.45) is 5.41 Å². The second-order valence-corrected chi connectivity index (χ2v) is 10.4. The maximum absolute atomic E-state index is 14.9. The highest BCUT2D eigenvalue weighted by atomic mass is 32.1. The topological polar surface area (TPSA) is 97.3 Å². The summed E-state index contributed by atoms with van der Waals surface area (Å²) in [5.41, 5.74) is 3.24. The third-order valence-electron chi connectivity index (χ3n) is 6.84. The maximum Gasteiger partial charge on any atom is 0.256 e. The van der Waals surface area contributed by atoms with E-state index in [1.807, 2.05) is 51.1 Å². The zero-order chi connectivity index (χ0) is 27.0. The van der Waals surface area contributed by atoms with Crippen LogP contribution in [0.1, 0.15) is 48.2 Å². The lowest BCUT2D eigenvalue weighted by atomic mass is 9.69. The number of aromatic nitrogens is 3. The van der Waals surface area contributed by atoms with Gasteiger partial charge in [0.25, 0.3) is 5.91 Å². The van der Waals surface area contributed by atoms with Crippen LogP contribution in [0, 0.1) is 11.2 Å². The highest BCUT2D eigenvalue weighted by Crippen LogP contribution is 2.52. The number of carbonyl (C=O) groups excluding carboxylic acids is 2. The van der Waals surface area contributed by atoms with Gasteiger partial charge in [0.2, 0.25) is 16.9 Å². The molecule has 194 valence electrons. The van der Waals surface area contributed by atoms with Crippen molar-refractivity contribution in [1.82, 2.24) is 20.1 Å². The Hall–Kier alpha value is -4.18. The third-order valence-corrected chi connectivity index (χ3v) is 7.45. The molecule has 0 saturated heterocycles. The van der Waals surface area contributed by atoms with Crippen molar-refractivity contribution in [3.8, 4) is 22.9 Å². The molecule has 5 rings (SSSR count). The molecular weight excluding hydrogens is 505 g/mol. The van der Waals surface area contributed by atoms with Gasteiger partial charge in [-0.2, -0.15) is 0 Å². The van der Waals surface area contributed by atoms with Crippen molar-refractivity contribution >= 4 is 28.3 Å². The first-order valence-electron chi connectivity index (χ1n) is 12.1. The van der Waals surface area contributed by atoms with Gasteiger partial charge in [-0.1, -0.05) is 55.5 Å². The number of anilines is 1. The average molecular weight is 532 g/mol. The second-order valence-electron chi connectivity index (χ2n) is 9.60. The molecule has 0 fully saturated rings. The van der Waals surface area contributed by atoms with Crippen LogP contribution in [-0.2, 0) is 4.79 Å². The molecule has 0 saturated carbocycles. The van der Waals surface area contributed by atoms with Crippen LogP contribution >= 0.6 is 11.3 Å². The van der Waals surface area contributed by atoms with E-state index in [1.54, 1.807) is 24.7 Å². The number of para-hydroxylation sites is 1. The number of rotatable bonds is 6. The molecule has 1 N–H and O–H groups in total. The van der Waals surface area contributed by atoms with E-state index in [9.17, 15) is 14.0 Å². The van der Waals surface area contributed by atoms with Crippen LogP contribution in [0.4, 0.5) is 9.52 Å². The molecule has 0 bridgehead atoms. The SMILES string of the molecule is CCN(C)C(=O)c1ccc(-c2ccc3c(n2)Oc2ccccc2[C@@H]3C(C)(C)C(=O)Nc2nncs2)cc1F. The molecule has 38 heavy (non-hydrogen) atoms. The molecule has 1 atom stereocenters. The number of hydrogen-bond donors (Lipinski definition) is 1. The molecule has 0 unspecified atom stereocenters. The standard InChI is InChI=1S/C28H26FN5O3S/c1-5-34(4)25(35)17-11-10-16(14-20(17)29)21-13-12-19-23(18-8-6-7-9-22(18)37-24(19)31-21)28(2,3)26(36)32-27-33-30-15-38-27/h6-15,23H,5H2,1-4H3,(H,32,33,36)/t23-/m0/s1. The highest BCUT2D eigenvalue weighted by Gasteiger charge is 2.44. The minimum absolute atomic E-state index is 0.00416. The predicted molar refractivity (Wildman–Crippen MR) is 143 cm³/mol. The Kier molecular flexibility index (Phi) is 6.66. The third kappa shape index (κ3) is 4.51. The lowest BCUT2D eigenvalue weighted by Gasteiger charge is -2.37. The Labute approximate surface area is 223 Å². The second kappa shape index (κ2) is 9.94. The number of nitrogens with one attached hydrogen (secondary N) is 1. The fourth-order valence-corrected chi connectivity index (χ4v) is 5.03. The molecule has 8 nitrogen and oxygen atoms in total. The molecule has 0 aliphatic carbocycles. The number of fused-ring (bicyclic) bond motifs is 2. The first-order chi connectivity index (χ1) is 18.2. The van der Waals surface area contributed by atoms with Gasteiger partial charge in [0.05, 0.1) is 16.7 Å². The first kappa shape index (κ1) is 25.5. The number of hydrogen-bond acceptors (Lipinski definition) is 7. The van der Waals surface area contributed by atoms with E-state index in [1.165, 1.54) is 28.4 Å². The van der Waals surface area contributed by atoms with Gasteiger partial charge in [0.15, 0.2) is 0 Å². The van der Waals surface area contributed by atoms with Crippen LogP contribution in [0.3, 0.4) is 0 Å². The molecule has 0 spiro atoms. The maximum atomic E-state index is 14.9. The van der Waals surface area contributed by atoms with Crippen molar-refractivity contribution < 1.29 is 18.7 Å². The number of carbonyl (C=O) groups is 2. The van der Waals surface area contributed by atoms with E-state index in [0.717, 1.165) is 11.1 Å². The Balaban J connectivity index is 1.53. The van der Waals surface area contributed by atoms with Gasteiger partial charge in [-0.3, -0.25) is 9.59 Å². The van der Waals surface area contributed by atoms with Gasteiger partial charge in [-0.25, -0.2) is 9.37 Å². The number of halogens is 1. The average Bonchev–Trinajstić information content (AvgIpc) is 3.43. The van der Waals surface area contributed by atoms with Crippen LogP contribution in [-0.4, -0.2) is 45.5 Å². The van der Waals surface area contributed by atoms with Crippen LogP contribution in [0.5, 0.6) is 11.6 Å². The van der Waals surface area contributed by atoms with Gasteiger partial charge in [-0.15, -0.1) is 10.2 Å². The van der Waals surface area contributed by atoms with Crippen LogP contribution in [0.25, 0.3) is 11.3 Å². The summed E-state index contributed by atoms with van der Waals surface area (Å²) in [6, 6.07) is 15.6. The molecule has 1 aliphatic rings. The van der Waals surface area contributed by atoms with Crippen molar-refractivity contribution in [1.29, 1.82) is 0 Å². The Morgan fingerprint density at radius 1 is 1.13 bits per heavy atom. The lowest BCUT2D eigenvalue weighted by molar-refractivity contribution is -0.124. The smallest absolute Gasteiger partial charge is 0.256 e. The van der Waals surface area contributed by atoms with E-state index < -0.39 is 11.2 Å². The monoisotopic (exact) mass is 531 g/mol. The Bertz CT molecular complexity index is 1520. The van der Waals surface area contributed by atoms with Gasteiger partial charge >= 0.3 is 0 Å². The van der Waals surface area contributed by atoms with E-state index in [0.29, 0.717) is 34.6 Å². The Morgan fingerprint density at radius 2 is 1.92 bits per heavy atom. The normalized spacial score (nSPS) is 14.2. The molecule has 10 heteroatoms. The summed E-state index contributed by atoms with van der Waals surface area (Å²) >= 11 is 1.25. The summed E-state index contributed by atoms with van der Waals surface area (Å²) in [4.78, 5) is 32.0. The number of amides is 2. The zero-order valence-electron chi connectivity index (χ0n) is 21.4. The summed E-state index contributed by atoms with van der Waals surface area (Å²) in [6.45, 7) is 6.04. The summed E-state index contributed by atoms with van der Waals surface area (Å²) in [7, 11) is 1.63. The summed E-state index contributed by atoms with van der Waals surface area (Å²) in [5, 5.41) is 11.0. The molecule has 1 aliphatic heterocycles. The van der Waals surface area contributed by atoms with Crippen LogP contribution in [0.2, 0.25) is 0 Å². The molecule has 2 aromatic heterocycles. The quantitative estimate of drug-likeness (QED) is 0.341. The van der Waals surface area contributed by atoms with Gasteiger partial charge in [0.1, 0.15) is 17.1 Å². The molecule has 0 radical (unpaired) electrons. The van der Waals surface area contributed by atoms with Gasteiger partial charge in [0, 0.05) is 36.2 Å². The van der Waals surface area contributed by atoms with Crippen LogP contribution < -0.4 is 10.1 Å². The van der Waals surface area contributed by atoms with Gasteiger partial charge in [-0.05, 0) is 31.2 Å². The lowest BCUT2D eigenvalue weighted by Crippen LogP contribution is -2.38. The first-order valence-corrected chi connectivity index (χ1v) is 13.0. The van der Waals surface area contributed by atoms with E-state index >= 15 is 0 Å². The number of nitrogens with zero attached hydrogens (tertiary/aromatic N) is 4. The largest absolute Gasteiger partial charge is 0.438 e. The predicted octanol–water partition coefficient (Wildman–Crippen LogP) is 5.73. The number of benzene rings is 2. The summed E-state index contributed by atoms with van der Waals surface area (Å²) in [5.74, 6) is -0.656. The van der Waals surface area contributed by atoms with E-state index in [4.69, 9.17) is 9.72 Å². The van der Waals surface area contributed by atoms with Crippen molar-refractivity contribution in [2.75, 3.05) is 18.9 Å². The number of ether oxygens (including phenoxy) is 1. The van der Waals surface area contributed by atoms with Crippen molar-refractivity contribution in [3.63, 3.8) is 0 Å². The van der Waals surface area contributed by atoms with Crippen molar-refractivity contribution in [2.45, 2.75) is 26.7 Å². The molecule has 2 amide bonds. The minimum atomic E-state index is -0.914. The highest BCUT2D eigenvalue weighted by molar-refractivity contribution is 7.13. The van der Waals surface area contributed by atoms with E-state index in [2.05, 4.69) is 15.5 Å². The van der Waals surface area contributed by atoms with E-state index in [-0.39, 0.29) is 23.3 Å². The Morgan fingerprint density at radius 3 is 2.63 bits per heavy atom. The molecular formula is C28H26FN5O3S. The molecule has 4 aromatic rings. The molecule has 2 aromatic carbocycles. The van der Waals surface area contributed by atoms with Gasteiger partial charge < -0.3 is 15.0 Å². The van der Waals surface area contributed by atoms with Crippen LogP contribution in [0.15, 0.2) is 60.1 Å². The fourth-order valence-electron chi connectivity index (χ4n) is 4.59.